The van der Waals surface area contributed by atoms with Gasteiger partial charge in [0, 0.05) is 22.8 Å². The lowest BCUT2D eigenvalue weighted by molar-refractivity contribution is -0.123. The van der Waals surface area contributed by atoms with E-state index < -0.39 is 11.5 Å². The summed E-state index contributed by atoms with van der Waals surface area (Å²) in [6, 6.07) is 17.0. The molecule has 5 heteroatoms. The molecule has 2 amide bonds. The molecule has 2 aromatic rings. The second-order valence-electron chi connectivity index (χ2n) is 8.05. The van der Waals surface area contributed by atoms with Crippen LogP contribution in [0.1, 0.15) is 45.2 Å². The highest BCUT2D eigenvalue weighted by Crippen LogP contribution is 2.25. The number of amides is 2. The summed E-state index contributed by atoms with van der Waals surface area (Å²) in [5.41, 5.74) is 2.03. The van der Waals surface area contributed by atoms with Gasteiger partial charge >= 0.3 is 0 Å². The molecule has 1 aliphatic rings. The van der Waals surface area contributed by atoms with Gasteiger partial charge in [0.15, 0.2) is 0 Å². The Kier molecular flexibility index (Phi) is 5.49. The maximum absolute atomic E-state index is 12.7. The maximum Gasteiger partial charge on any atom is 0.247 e. The quantitative estimate of drug-likeness (QED) is 0.722. The zero-order chi connectivity index (χ0) is 19.4. The summed E-state index contributed by atoms with van der Waals surface area (Å²) in [5.74, 6) is -0.0528. The zero-order valence-electron chi connectivity index (χ0n) is 16.1. The van der Waals surface area contributed by atoms with Crippen molar-refractivity contribution in [3.8, 4) is 0 Å². The molecule has 0 heterocycles. The van der Waals surface area contributed by atoms with Crippen LogP contribution in [-0.4, -0.2) is 17.9 Å². The van der Waals surface area contributed by atoms with Crippen LogP contribution < -0.4 is 16.0 Å². The van der Waals surface area contributed by atoms with Crippen LogP contribution in [0.2, 0.25) is 0 Å². The molecular weight excluding hydrogens is 338 g/mol. The summed E-state index contributed by atoms with van der Waals surface area (Å²) in [6.07, 6.45) is 2.10. The third kappa shape index (κ3) is 5.33. The first-order valence-corrected chi connectivity index (χ1v) is 9.36. The molecule has 0 unspecified atom stereocenters. The molecule has 5 nitrogen and oxygen atoms in total. The molecule has 0 aromatic heterocycles. The fourth-order valence-electron chi connectivity index (χ4n) is 2.59. The third-order valence-electron chi connectivity index (χ3n) is 4.45. The van der Waals surface area contributed by atoms with Crippen molar-refractivity contribution in [1.29, 1.82) is 0 Å². The largest absolute Gasteiger partial charge is 0.370 e. The number of carbonyl (C=O) groups excluding carboxylic acids is 2. The summed E-state index contributed by atoms with van der Waals surface area (Å²) in [5, 5.41) is 9.29. The molecule has 1 saturated carbocycles. The standard InChI is InChI=1S/C22H27N3O2/c1-22(2,3)21(27)25-18-13-9-16(10-14-18)23-19(15-7-5-4-6-8-15)20(26)24-17-11-12-17/h4-10,13-14,17,19,23H,11-12H2,1-3H3,(H,24,26)(H,25,27)/t19-/m1/s1. The number of hydrogen-bond donors (Lipinski definition) is 3. The first kappa shape index (κ1) is 19.0. The van der Waals surface area contributed by atoms with Crippen LogP contribution >= 0.6 is 0 Å². The van der Waals surface area contributed by atoms with Crippen LogP contribution in [-0.2, 0) is 9.59 Å². The SMILES string of the molecule is CC(C)(C)C(=O)Nc1ccc(N[C@@H](C(=O)NC2CC2)c2ccccc2)cc1. The van der Waals surface area contributed by atoms with Crippen LogP contribution in [0, 0.1) is 5.41 Å². The number of hydrogen-bond acceptors (Lipinski definition) is 3. The average Bonchev–Trinajstić information content (AvgIpc) is 3.45. The molecular formula is C22H27N3O2. The minimum Gasteiger partial charge on any atom is -0.370 e. The molecule has 1 atom stereocenters. The lowest BCUT2D eigenvalue weighted by Gasteiger charge is -2.21. The van der Waals surface area contributed by atoms with E-state index in [0.717, 1.165) is 29.8 Å². The van der Waals surface area contributed by atoms with Crippen molar-refractivity contribution in [2.45, 2.75) is 45.7 Å². The Morgan fingerprint density at radius 2 is 1.52 bits per heavy atom. The smallest absolute Gasteiger partial charge is 0.247 e. The average molecular weight is 365 g/mol. The first-order valence-electron chi connectivity index (χ1n) is 9.36. The molecule has 0 saturated heterocycles. The van der Waals surface area contributed by atoms with Crippen LogP contribution in [0.25, 0.3) is 0 Å². The highest BCUT2D eigenvalue weighted by Gasteiger charge is 2.28. The molecule has 0 aliphatic heterocycles. The molecule has 27 heavy (non-hydrogen) atoms. The Hall–Kier alpha value is -2.82. The van der Waals surface area contributed by atoms with Crippen molar-refractivity contribution in [1.82, 2.24) is 5.32 Å². The lowest BCUT2D eigenvalue weighted by atomic mass is 9.95. The van der Waals surface area contributed by atoms with E-state index in [1.54, 1.807) is 0 Å². The third-order valence-corrected chi connectivity index (χ3v) is 4.45. The molecule has 2 aromatic carbocycles. The van der Waals surface area contributed by atoms with Crippen LogP contribution in [0.4, 0.5) is 11.4 Å². The summed E-state index contributed by atoms with van der Waals surface area (Å²) in [6.45, 7) is 5.63. The molecule has 142 valence electrons. The van der Waals surface area contributed by atoms with Crippen molar-refractivity contribution in [2.24, 2.45) is 5.41 Å². The van der Waals surface area contributed by atoms with E-state index >= 15 is 0 Å². The van der Waals surface area contributed by atoms with E-state index in [1.165, 1.54) is 0 Å². The van der Waals surface area contributed by atoms with Gasteiger partial charge in [-0.15, -0.1) is 0 Å². The Balaban J connectivity index is 1.71. The second kappa shape index (κ2) is 7.82. The van der Waals surface area contributed by atoms with Gasteiger partial charge in [-0.2, -0.15) is 0 Å². The van der Waals surface area contributed by atoms with Gasteiger partial charge < -0.3 is 16.0 Å². The molecule has 1 fully saturated rings. The Morgan fingerprint density at radius 1 is 0.926 bits per heavy atom. The van der Waals surface area contributed by atoms with Crippen LogP contribution in [0.5, 0.6) is 0 Å². The molecule has 0 radical (unpaired) electrons. The van der Waals surface area contributed by atoms with Crippen molar-refractivity contribution < 1.29 is 9.59 Å². The molecule has 3 N–H and O–H groups in total. The van der Waals surface area contributed by atoms with Crippen molar-refractivity contribution in [3.05, 3.63) is 60.2 Å². The predicted molar refractivity (Wildman–Crippen MR) is 108 cm³/mol. The van der Waals surface area contributed by atoms with E-state index in [1.807, 2.05) is 75.4 Å². The second-order valence-corrected chi connectivity index (χ2v) is 8.05. The number of benzene rings is 2. The minimum absolute atomic E-state index is 0.0196. The van der Waals surface area contributed by atoms with E-state index in [2.05, 4.69) is 16.0 Å². The molecule has 3 rings (SSSR count). The predicted octanol–water partition coefficient (Wildman–Crippen LogP) is 4.10. The van der Waals surface area contributed by atoms with Crippen molar-refractivity contribution in [3.63, 3.8) is 0 Å². The van der Waals surface area contributed by atoms with E-state index in [9.17, 15) is 9.59 Å². The fourth-order valence-corrected chi connectivity index (χ4v) is 2.59. The topological polar surface area (TPSA) is 70.2 Å². The van der Waals surface area contributed by atoms with Crippen LogP contribution in [0.3, 0.4) is 0 Å². The maximum atomic E-state index is 12.7. The number of anilines is 2. The number of carbonyl (C=O) groups is 2. The van der Waals surface area contributed by atoms with Gasteiger partial charge in [-0.3, -0.25) is 9.59 Å². The van der Waals surface area contributed by atoms with Gasteiger partial charge in [0.2, 0.25) is 11.8 Å². The lowest BCUT2D eigenvalue weighted by Crippen LogP contribution is -2.34. The summed E-state index contributed by atoms with van der Waals surface area (Å²) in [4.78, 5) is 24.8. The van der Waals surface area contributed by atoms with E-state index in [-0.39, 0.29) is 11.8 Å². The van der Waals surface area contributed by atoms with Gasteiger partial charge in [0.25, 0.3) is 0 Å². The van der Waals surface area contributed by atoms with Crippen LogP contribution in [0.15, 0.2) is 54.6 Å². The van der Waals surface area contributed by atoms with Gasteiger partial charge in [0.05, 0.1) is 0 Å². The molecule has 0 spiro atoms. The van der Waals surface area contributed by atoms with Crippen molar-refractivity contribution >= 4 is 23.2 Å². The minimum atomic E-state index is -0.457. The highest BCUT2D eigenvalue weighted by atomic mass is 16.2. The number of nitrogens with one attached hydrogen (secondary N) is 3. The molecule has 0 bridgehead atoms. The summed E-state index contributed by atoms with van der Waals surface area (Å²) < 4.78 is 0. The van der Waals surface area contributed by atoms with Gasteiger partial charge in [-0.05, 0) is 42.7 Å². The first-order chi connectivity index (χ1) is 12.8. The van der Waals surface area contributed by atoms with Gasteiger partial charge in [-0.25, -0.2) is 0 Å². The fraction of sp³-hybridized carbons (Fsp3) is 0.364. The normalized spacial score (nSPS) is 14.9. The summed E-state index contributed by atoms with van der Waals surface area (Å²) in [7, 11) is 0. The van der Waals surface area contributed by atoms with Gasteiger partial charge in [0.1, 0.15) is 6.04 Å². The molecule has 1 aliphatic carbocycles. The van der Waals surface area contributed by atoms with E-state index in [0.29, 0.717) is 6.04 Å². The van der Waals surface area contributed by atoms with Crippen molar-refractivity contribution in [2.75, 3.05) is 10.6 Å². The highest BCUT2D eigenvalue weighted by molar-refractivity contribution is 5.94. The Bertz CT molecular complexity index is 791. The van der Waals surface area contributed by atoms with E-state index in [4.69, 9.17) is 0 Å². The Morgan fingerprint density at radius 3 is 2.07 bits per heavy atom. The van der Waals surface area contributed by atoms with Gasteiger partial charge in [-0.1, -0.05) is 51.1 Å². The monoisotopic (exact) mass is 365 g/mol. The zero-order valence-corrected chi connectivity index (χ0v) is 16.1. The Labute approximate surface area is 160 Å². The number of rotatable bonds is 6. The summed E-state index contributed by atoms with van der Waals surface area (Å²) >= 11 is 0.